The molecular formula is C17H9FN2O2S. The topological polar surface area (TPSA) is 74.0 Å². The van der Waals surface area contributed by atoms with Gasteiger partial charge in [-0.05, 0) is 36.4 Å². The zero-order chi connectivity index (χ0) is 16.4. The highest BCUT2D eigenvalue weighted by atomic mass is 32.1. The number of halogens is 1. The normalized spacial score (nSPS) is 11.8. The Morgan fingerprint density at radius 2 is 1.87 bits per heavy atom. The second-order valence-corrected chi connectivity index (χ2v) is 5.69. The molecule has 0 fully saturated rings. The van der Waals surface area contributed by atoms with Crippen molar-refractivity contribution in [3.05, 3.63) is 75.3 Å². The molecule has 1 heterocycles. The maximum atomic E-state index is 13.0. The number of rotatable bonds is 2. The van der Waals surface area contributed by atoms with E-state index in [1.807, 2.05) is 6.07 Å². The number of aliphatic hydroxyl groups is 1. The van der Waals surface area contributed by atoms with Crippen molar-refractivity contribution >= 4 is 32.8 Å². The Bertz CT molecular complexity index is 1020. The van der Waals surface area contributed by atoms with Crippen molar-refractivity contribution < 1.29 is 9.50 Å². The Balaban J connectivity index is 2.22. The van der Waals surface area contributed by atoms with Crippen molar-refractivity contribution in [1.82, 2.24) is 4.98 Å². The predicted octanol–water partition coefficient (Wildman–Crippen LogP) is 3.75. The van der Waals surface area contributed by atoms with E-state index < -0.39 is 11.4 Å². The number of aliphatic hydroxyl groups excluding tert-OH is 1. The fraction of sp³-hybridized carbons (Fsp3) is 0. The second kappa shape index (κ2) is 5.99. The number of hydrogen-bond acceptors (Lipinski definition) is 5. The molecule has 0 bridgehead atoms. The van der Waals surface area contributed by atoms with Gasteiger partial charge in [0.05, 0.1) is 5.39 Å². The summed E-state index contributed by atoms with van der Waals surface area (Å²) in [4.78, 5) is 15.9. The summed E-state index contributed by atoms with van der Waals surface area (Å²) in [6.07, 6.45) is 0. The first-order chi connectivity index (χ1) is 11.1. The lowest BCUT2D eigenvalue weighted by Crippen LogP contribution is -2.07. The molecule has 0 saturated heterocycles. The zero-order valence-electron chi connectivity index (χ0n) is 11.7. The van der Waals surface area contributed by atoms with Gasteiger partial charge in [-0.1, -0.05) is 12.1 Å². The molecule has 0 spiro atoms. The molecule has 0 atom stereocenters. The van der Waals surface area contributed by atoms with Crippen LogP contribution in [0.3, 0.4) is 0 Å². The SMILES string of the molecule is N#C/C(=C(/O)c1ccc(F)cc1)c1nc(=O)c2ccccc2s1. The van der Waals surface area contributed by atoms with Gasteiger partial charge < -0.3 is 5.11 Å². The van der Waals surface area contributed by atoms with Crippen LogP contribution in [0.4, 0.5) is 4.39 Å². The van der Waals surface area contributed by atoms with Crippen LogP contribution in [-0.4, -0.2) is 10.1 Å². The van der Waals surface area contributed by atoms with E-state index in [1.165, 1.54) is 24.3 Å². The lowest BCUT2D eigenvalue weighted by molar-refractivity contribution is 0.513. The Kier molecular flexibility index (Phi) is 3.87. The molecule has 112 valence electrons. The minimum atomic E-state index is -0.464. The lowest BCUT2D eigenvalue weighted by atomic mass is 10.1. The third-order valence-corrected chi connectivity index (χ3v) is 4.27. The molecule has 3 rings (SSSR count). The van der Waals surface area contributed by atoms with Crippen LogP contribution in [0.1, 0.15) is 10.6 Å². The van der Waals surface area contributed by atoms with Crippen LogP contribution < -0.4 is 5.56 Å². The molecule has 2 aromatic carbocycles. The highest BCUT2D eigenvalue weighted by Crippen LogP contribution is 2.27. The van der Waals surface area contributed by atoms with Gasteiger partial charge >= 0.3 is 0 Å². The fourth-order valence-electron chi connectivity index (χ4n) is 2.07. The molecule has 4 nitrogen and oxygen atoms in total. The van der Waals surface area contributed by atoms with Gasteiger partial charge in [-0.15, -0.1) is 11.3 Å². The van der Waals surface area contributed by atoms with Crippen LogP contribution in [0.2, 0.25) is 0 Å². The highest BCUT2D eigenvalue weighted by molar-refractivity contribution is 7.19. The molecule has 0 aliphatic heterocycles. The number of aromatic nitrogens is 1. The zero-order valence-corrected chi connectivity index (χ0v) is 12.5. The molecule has 6 heteroatoms. The molecule has 0 unspecified atom stereocenters. The number of benzene rings is 2. The monoisotopic (exact) mass is 324 g/mol. The molecule has 0 amide bonds. The summed E-state index contributed by atoms with van der Waals surface area (Å²) in [5.41, 5.74) is -0.309. The largest absolute Gasteiger partial charge is 0.506 e. The number of nitrogens with zero attached hydrogens (tertiary/aromatic N) is 2. The molecule has 1 N–H and O–H groups in total. The van der Waals surface area contributed by atoms with E-state index in [4.69, 9.17) is 0 Å². The van der Waals surface area contributed by atoms with Crippen LogP contribution in [0.5, 0.6) is 0 Å². The van der Waals surface area contributed by atoms with Gasteiger partial charge in [0.25, 0.3) is 5.56 Å². The van der Waals surface area contributed by atoms with Gasteiger partial charge in [0.1, 0.15) is 28.2 Å². The standard InChI is InChI=1S/C17H9FN2O2S/c18-11-7-5-10(6-8-11)15(21)13(9-19)17-20-16(22)12-3-1-2-4-14(12)23-17/h1-8,21H/b15-13-. The Hall–Kier alpha value is -3.04. The van der Waals surface area contributed by atoms with Gasteiger partial charge in [-0.3, -0.25) is 4.79 Å². The Labute approximate surface area is 134 Å². The highest BCUT2D eigenvalue weighted by Gasteiger charge is 2.15. The summed E-state index contributed by atoms with van der Waals surface area (Å²) in [7, 11) is 0. The van der Waals surface area contributed by atoms with E-state index in [-0.39, 0.29) is 21.9 Å². The molecule has 1 aromatic heterocycles. The quantitative estimate of drug-likeness (QED) is 0.575. The average molecular weight is 324 g/mol. The Morgan fingerprint density at radius 3 is 2.57 bits per heavy atom. The number of nitriles is 1. The first-order valence-electron chi connectivity index (χ1n) is 6.59. The summed E-state index contributed by atoms with van der Waals surface area (Å²) >= 11 is 1.13. The Morgan fingerprint density at radius 1 is 1.17 bits per heavy atom. The number of hydrogen-bond donors (Lipinski definition) is 1. The molecular weight excluding hydrogens is 315 g/mol. The van der Waals surface area contributed by atoms with Gasteiger partial charge in [0.2, 0.25) is 0 Å². The first kappa shape index (κ1) is 14.9. The van der Waals surface area contributed by atoms with Crippen LogP contribution in [0.15, 0.2) is 53.3 Å². The van der Waals surface area contributed by atoms with Crippen LogP contribution in [0.25, 0.3) is 21.4 Å². The summed E-state index contributed by atoms with van der Waals surface area (Å²) in [6.45, 7) is 0. The van der Waals surface area contributed by atoms with Crippen molar-refractivity contribution in [2.24, 2.45) is 0 Å². The van der Waals surface area contributed by atoms with Crippen LogP contribution in [0, 0.1) is 17.1 Å². The third-order valence-electron chi connectivity index (χ3n) is 3.21. The predicted molar refractivity (Wildman–Crippen MR) is 87.3 cm³/mol. The summed E-state index contributed by atoms with van der Waals surface area (Å²) in [5.74, 6) is -0.792. The third kappa shape index (κ3) is 2.82. The van der Waals surface area contributed by atoms with Crippen molar-refractivity contribution in [3.8, 4) is 6.07 Å². The van der Waals surface area contributed by atoms with E-state index in [1.54, 1.807) is 24.3 Å². The van der Waals surface area contributed by atoms with Gasteiger partial charge in [0.15, 0.2) is 0 Å². The summed E-state index contributed by atoms with van der Waals surface area (Å²) in [5, 5.41) is 20.2. The van der Waals surface area contributed by atoms with Crippen LogP contribution in [-0.2, 0) is 0 Å². The van der Waals surface area contributed by atoms with E-state index in [0.717, 1.165) is 11.3 Å². The minimum Gasteiger partial charge on any atom is -0.506 e. The van der Waals surface area contributed by atoms with E-state index >= 15 is 0 Å². The number of allylic oxidation sites excluding steroid dienone is 1. The van der Waals surface area contributed by atoms with E-state index in [0.29, 0.717) is 10.1 Å². The van der Waals surface area contributed by atoms with Crippen molar-refractivity contribution in [3.63, 3.8) is 0 Å². The summed E-state index contributed by atoms with van der Waals surface area (Å²) < 4.78 is 13.6. The van der Waals surface area contributed by atoms with Gasteiger partial charge in [-0.25, -0.2) is 4.39 Å². The van der Waals surface area contributed by atoms with Gasteiger partial charge in [-0.2, -0.15) is 10.2 Å². The second-order valence-electron chi connectivity index (χ2n) is 4.66. The smallest absolute Gasteiger partial charge is 0.279 e. The molecule has 0 aliphatic rings. The van der Waals surface area contributed by atoms with Crippen molar-refractivity contribution in [1.29, 1.82) is 5.26 Å². The van der Waals surface area contributed by atoms with Gasteiger partial charge in [0, 0.05) is 10.3 Å². The van der Waals surface area contributed by atoms with Crippen LogP contribution >= 0.6 is 11.3 Å². The maximum absolute atomic E-state index is 13.0. The lowest BCUT2D eigenvalue weighted by Gasteiger charge is -2.04. The van der Waals surface area contributed by atoms with E-state index in [2.05, 4.69) is 4.98 Å². The molecule has 3 aromatic rings. The summed E-state index contributed by atoms with van der Waals surface area (Å²) in [6, 6.07) is 13.8. The molecule has 0 radical (unpaired) electrons. The van der Waals surface area contributed by atoms with Crippen molar-refractivity contribution in [2.45, 2.75) is 0 Å². The molecule has 0 aliphatic carbocycles. The minimum absolute atomic E-state index is 0.121. The van der Waals surface area contributed by atoms with E-state index in [9.17, 15) is 19.6 Å². The first-order valence-corrected chi connectivity index (χ1v) is 7.41. The average Bonchev–Trinajstić information content (AvgIpc) is 2.56. The number of fused-ring (bicyclic) bond motifs is 1. The molecule has 0 saturated carbocycles. The molecule has 23 heavy (non-hydrogen) atoms. The maximum Gasteiger partial charge on any atom is 0.279 e. The van der Waals surface area contributed by atoms with Crippen molar-refractivity contribution in [2.75, 3.05) is 0 Å². The fourth-order valence-corrected chi connectivity index (χ4v) is 3.07.